The highest BCUT2D eigenvalue weighted by molar-refractivity contribution is 7.16. The molecule has 0 aliphatic rings. The van der Waals surface area contributed by atoms with Gasteiger partial charge in [0.2, 0.25) is 0 Å². The zero-order valence-electron chi connectivity index (χ0n) is 25.2. The fraction of sp³-hybridized carbons (Fsp3) is 0.500. The first kappa shape index (κ1) is 34.0. The van der Waals surface area contributed by atoms with E-state index in [1.165, 1.54) is 21.6 Å². The van der Waals surface area contributed by atoms with Crippen molar-refractivity contribution in [1.29, 1.82) is 0 Å². The molecule has 3 N–H and O–H groups in total. The van der Waals surface area contributed by atoms with E-state index in [4.69, 9.17) is 14.6 Å². The molecule has 1 heterocycles. The lowest BCUT2D eigenvalue weighted by molar-refractivity contribution is -0.175. The molecular weight excluding hydrogens is 570 g/mol. The van der Waals surface area contributed by atoms with Crippen molar-refractivity contribution in [2.24, 2.45) is 0 Å². The van der Waals surface area contributed by atoms with E-state index in [1.54, 1.807) is 18.4 Å². The van der Waals surface area contributed by atoms with Crippen LogP contribution in [-0.2, 0) is 30.3 Å². The number of aryl methyl sites for hydroxylation is 3. The van der Waals surface area contributed by atoms with E-state index in [2.05, 4.69) is 48.4 Å². The van der Waals surface area contributed by atoms with Crippen LogP contribution in [0.15, 0.2) is 41.9 Å². The smallest absolute Gasteiger partial charge is 0.336 e. The molecule has 0 aliphatic carbocycles. The molecule has 0 bridgehead atoms. The summed E-state index contributed by atoms with van der Waals surface area (Å²) in [4.78, 5) is 42.0. The average molecular weight is 614 g/mol. The van der Waals surface area contributed by atoms with Gasteiger partial charge in [0.25, 0.3) is 5.91 Å². The molecule has 0 unspecified atom stereocenters. The Balaban J connectivity index is 1.44. The third-order valence-electron chi connectivity index (χ3n) is 7.33. The zero-order valence-corrected chi connectivity index (χ0v) is 26.0. The molecule has 0 saturated carbocycles. The highest BCUT2D eigenvalue weighted by atomic mass is 32.1. The second-order valence-corrected chi connectivity index (χ2v) is 11.7. The van der Waals surface area contributed by atoms with Crippen LogP contribution in [0.25, 0.3) is 10.2 Å². The van der Waals surface area contributed by atoms with Crippen molar-refractivity contribution in [2.75, 3.05) is 38.7 Å². The van der Waals surface area contributed by atoms with Crippen molar-refractivity contribution >= 4 is 45.1 Å². The Hall–Kier alpha value is -3.54. The molecular formula is C32H43N3O7S. The highest BCUT2D eigenvalue weighted by Crippen LogP contribution is 2.22. The Morgan fingerprint density at radius 1 is 0.930 bits per heavy atom. The minimum absolute atomic E-state index is 0.163. The van der Waals surface area contributed by atoms with Crippen LogP contribution in [0.2, 0.25) is 0 Å². The molecule has 3 aromatic rings. The van der Waals surface area contributed by atoms with Crippen molar-refractivity contribution in [2.45, 2.75) is 71.0 Å². The SMILES string of the molecule is Cc1ccc(CCCCCO[C@@H](C(=O)N(C)CCCCCNc2ccc3ncsc3c2)[C@@H](OCC(=O)O)C(=O)O)cc1C. The number of unbranched alkanes of at least 4 members (excludes halogenated alkanes) is 4. The lowest BCUT2D eigenvalue weighted by atomic mass is 10.0. The number of amides is 1. The summed E-state index contributed by atoms with van der Waals surface area (Å²) in [5, 5.41) is 22.1. The van der Waals surface area contributed by atoms with Gasteiger partial charge in [-0.3, -0.25) is 4.79 Å². The van der Waals surface area contributed by atoms with Crippen LogP contribution in [-0.4, -0.2) is 83.5 Å². The quantitative estimate of drug-likeness (QED) is 0.145. The van der Waals surface area contributed by atoms with E-state index in [-0.39, 0.29) is 6.61 Å². The third kappa shape index (κ3) is 11.2. The Morgan fingerprint density at radius 3 is 2.47 bits per heavy atom. The second-order valence-electron chi connectivity index (χ2n) is 10.8. The Bertz CT molecular complexity index is 1350. The molecule has 0 aliphatic heterocycles. The Kier molecular flexibility index (Phi) is 13.9. The summed E-state index contributed by atoms with van der Waals surface area (Å²) in [7, 11) is 1.60. The van der Waals surface area contributed by atoms with Crippen LogP contribution >= 0.6 is 11.3 Å². The minimum Gasteiger partial charge on any atom is -0.480 e. The molecule has 0 fully saturated rings. The summed E-state index contributed by atoms with van der Waals surface area (Å²) >= 11 is 1.60. The Labute approximate surface area is 257 Å². The summed E-state index contributed by atoms with van der Waals surface area (Å²) in [6.45, 7) is 4.69. The maximum Gasteiger partial charge on any atom is 0.336 e. The predicted octanol–water partition coefficient (Wildman–Crippen LogP) is 5.31. The van der Waals surface area contributed by atoms with E-state index in [0.29, 0.717) is 13.0 Å². The van der Waals surface area contributed by atoms with Crippen LogP contribution in [0.1, 0.15) is 55.2 Å². The first-order chi connectivity index (χ1) is 20.7. The van der Waals surface area contributed by atoms with Gasteiger partial charge >= 0.3 is 11.9 Å². The molecule has 2 aromatic carbocycles. The van der Waals surface area contributed by atoms with Gasteiger partial charge in [0.05, 0.1) is 15.7 Å². The third-order valence-corrected chi connectivity index (χ3v) is 8.13. The number of ether oxygens (including phenoxy) is 2. The monoisotopic (exact) mass is 613 g/mol. The summed E-state index contributed by atoms with van der Waals surface area (Å²) < 4.78 is 12.0. The van der Waals surface area contributed by atoms with Gasteiger partial charge in [-0.2, -0.15) is 0 Å². The van der Waals surface area contributed by atoms with Gasteiger partial charge in [0.1, 0.15) is 6.61 Å². The molecule has 234 valence electrons. The van der Waals surface area contributed by atoms with Gasteiger partial charge in [-0.1, -0.05) is 24.6 Å². The van der Waals surface area contributed by atoms with Crippen molar-refractivity contribution in [1.82, 2.24) is 9.88 Å². The summed E-state index contributed by atoms with van der Waals surface area (Å²) in [5.74, 6) is -3.30. The van der Waals surface area contributed by atoms with E-state index in [1.807, 2.05) is 17.6 Å². The van der Waals surface area contributed by atoms with E-state index in [9.17, 15) is 19.5 Å². The van der Waals surface area contributed by atoms with Crippen LogP contribution in [0.5, 0.6) is 0 Å². The number of anilines is 1. The number of nitrogens with one attached hydrogen (secondary N) is 1. The molecule has 1 amide bonds. The van der Waals surface area contributed by atoms with Crippen LogP contribution < -0.4 is 5.32 Å². The summed E-state index contributed by atoms with van der Waals surface area (Å²) in [6.07, 6.45) is 2.63. The maximum absolute atomic E-state index is 13.3. The zero-order chi connectivity index (χ0) is 31.2. The molecule has 0 spiro atoms. The second kappa shape index (κ2) is 17.5. The van der Waals surface area contributed by atoms with E-state index >= 15 is 0 Å². The fourth-order valence-corrected chi connectivity index (χ4v) is 5.41. The lowest BCUT2D eigenvalue weighted by Gasteiger charge is -2.27. The average Bonchev–Trinajstić information content (AvgIpc) is 3.44. The first-order valence-corrected chi connectivity index (χ1v) is 15.6. The molecule has 10 nitrogen and oxygen atoms in total. The topological polar surface area (TPSA) is 138 Å². The molecule has 3 rings (SSSR count). The number of thiazole rings is 1. The number of likely N-dealkylation sites (N-methyl/N-ethyl adjacent to an activating group) is 1. The fourth-order valence-electron chi connectivity index (χ4n) is 4.69. The molecule has 0 saturated heterocycles. The normalized spacial score (nSPS) is 12.6. The van der Waals surface area contributed by atoms with Gasteiger partial charge in [0, 0.05) is 32.4 Å². The predicted molar refractivity (Wildman–Crippen MR) is 168 cm³/mol. The summed E-state index contributed by atoms with van der Waals surface area (Å²) in [6, 6.07) is 12.5. The molecule has 2 atom stereocenters. The van der Waals surface area contributed by atoms with Gasteiger partial charge in [-0.15, -0.1) is 11.3 Å². The van der Waals surface area contributed by atoms with Crippen molar-refractivity contribution < 1.29 is 34.1 Å². The number of carbonyl (C=O) groups is 3. The van der Waals surface area contributed by atoms with Crippen molar-refractivity contribution in [3.63, 3.8) is 0 Å². The van der Waals surface area contributed by atoms with Gasteiger partial charge in [-0.05, 0) is 87.3 Å². The molecule has 1 aromatic heterocycles. The number of benzene rings is 2. The number of hydrogen-bond acceptors (Lipinski definition) is 8. The lowest BCUT2D eigenvalue weighted by Crippen LogP contribution is -2.50. The number of rotatable bonds is 20. The highest BCUT2D eigenvalue weighted by Gasteiger charge is 2.37. The van der Waals surface area contributed by atoms with Gasteiger partial charge < -0.3 is 29.9 Å². The van der Waals surface area contributed by atoms with Crippen LogP contribution in [0, 0.1) is 13.8 Å². The van der Waals surface area contributed by atoms with Gasteiger partial charge in [0.15, 0.2) is 12.2 Å². The van der Waals surface area contributed by atoms with Crippen molar-refractivity contribution in [3.8, 4) is 0 Å². The van der Waals surface area contributed by atoms with Crippen LogP contribution in [0.4, 0.5) is 5.69 Å². The largest absolute Gasteiger partial charge is 0.480 e. The Morgan fingerprint density at radius 2 is 1.72 bits per heavy atom. The summed E-state index contributed by atoms with van der Waals surface area (Å²) in [5.41, 5.74) is 7.63. The first-order valence-electron chi connectivity index (χ1n) is 14.7. The number of carboxylic acids is 2. The maximum atomic E-state index is 13.3. The standard InChI is InChI=1S/C32H43N3O7S/c1-22-11-12-24(18-23(22)2)10-6-4-9-17-41-29(30(32(39)40)42-20-28(36)37)31(38)35(3)16-8-5-7-15-33-25-13-14-26-27(19-25)43-21-34-26/h11-14,18-19,21,29-30,33H,4-10,15-17,20H2,1-3H3,(H,36,37)(H,39,40)/t29-,30-/m1/s1. The number of nitrogens with zero attached hydrogens (tertiary/aromatic N) is 2. The van der Waals surface area contributed by atoms with Crippen LogP contribution in [0.3, 0.4) is 0 Å². The number of aromatic nitrogens is 1. The molecule has 11 heteroatoms. The molecule has 0 radical (unpaired) electrons. The number of hydrogen-bond donors (Lipinski definition) is 3. The van der Waals surface area contributed by atoms with Gasteiger partial charge in [-0.25, -0.2) is 14.6 Å². The van der Waals surface area contributed by atoms with E-state index < -0.39 is 36.7 Å². The number of aliphatic carboxylic acids is 2. The number of carbonyl (C=O) groups excluding carboxylic acids is 1. The van der Waals surface area contributed by atoms with Crippen molar-refractivity contribution in [3.05, 3.63) is 58.6 Å². The number of carboxylic acid groups (broad SMARTS) is 2. The van der Waals surface area contributed by atoms with E-state index in [0.717, 1.165) is 61.0 Å². The number of fused-ring (bicyclic) bond motifs is 1. The minimum atomic E-state index is -1.72. The molecule has 43 heavy (non-hydrogen) atoms.